The van der Waals surface area contributed by atoms with E-state index in [1.54, 1.807) is 0 Å². The first kappa shape index (κ1) is 8.44. The summed E-state index contributed by atoms with van der Waals surface area (Å²) in [7, 11) is 0. The molecule has 3 rings (SSSR count). The molecule has 14 heavy (non-hydrogen) atoms. The molecule has 2 N–H and O–H groups in total. The van der Waals surface area contributed by atoms with Crippen LogP contribution in [0.5, 0.6) is 0 Å². The number of nitrogens with one attached hydrogen (secondary N) is 2. The average Bonchev–Trinajstić information content (AvgIpc) is 2.78. The van der Waals surface area contributed by atoms with Crippen molar-refractivity contribution in [3.8, 4) is 0 Å². The molecule has 1 fully saturated rings. The van der Waals surface area contributed by atoms with Crippen LogP contribution in [0.25, 0.3) is 0 Å². The summed E-state index contributed by atoms with van der Waals surface area (Å²) in [6, 6.07) is 0.356. The molecule has 0 aromatic carbocycles. The first-order chi connectivity index (χ1) is 6.93. The molecule has 76 valence electrons. The largest absolute Gasteiger partial charge is 0.442 e. The molecule has 3 heterocycles. The number of rotatable bonds is 1. The van der Waals surface area contributed by atoms with E-state index < -0.39 is 0 Å². The molecule has 1 saturated heterocycles. The van der Waals surface area contributed by atoms with Crippen LogP contribution in [0.4, 0.5) is 0 Å². The van der Waals surface area contributed by atoms with Crippen molar-refractivity contribution in [1.82, 2.24) is 15.6 Å². The summed E-state index contributed by atoms with van der Waals surface area (Å²) < 4.78 is 5.73. The van der Waals surface area contributed by atoms with Gasteiger partial charge in [0.05, 0.1) is 18.3 Å². The Morgan fingerprint density at radius 3 is 3.07 bits per heavy atom. The van der Waals surface area contributed by atoms with Crippen LogP contribution in [0.15, 0.2) is 4.42 Å². The van der Waals surface area contributed by atoms with E-state index in [2.05, 4.69) is 15.6 Å². The lowest BCUT2D eigenvalue weighted by Crippen LogP contribution is -2.27. The first-order valence-corrected chi connectivity index (χ1v) is 5.36. The number of nitrogens with zero attached hydrogens (tertiary/aromatic N) is 1. The molecule has 0 bridgehead atoms. The van der Waals surface area contributed by atoms with Gasteiger partial charge in [0.2, 0.25) is 5.89 Å². The Morgan fingerprint density at radius 2 is 2.29 bits per heavy atom. The third-order valence-electron chi connectivity index (χ3n) is 2.98. The Morgan fingerprint density at radius 1 is 1.29 bits per heavy atom. The zero-order chi connectivity index (χ0) is 9.38. The predicted octanol–water partition coefficient (Wildman–Crippen LogP) is 1.09. The fraction of sp³-hybridized carbons (Fsp3) is 0.700. The second-order valence-electron chi connectivity index (χ2n) is 4.03. The number of hydrogen-bond acceptors (Lipinski definition) is 4. The highest BCUT2D eigenvalue weighted by Crippen LogP contribution is 2.25. The molecule has 2 aliphatic rings. The van der Waals surface area contributed by atoms with Crippen molar-refractivity contribution in [3.63, 3.8) is 0 Å². The van der Waals surface area contributed by atoms with Crippen molar-refractivity contribution in [2.45, 2.75) is 38.4 Å². The molecule has 4 heteroatoms. The van der Waals surface area contributed by atoms with Gasteiger partial charge in [-0.15, -0.1) is 0 Å². The van der Waals surface area contributed by atoms with Gasteiger partial charge in [0.15, 0.2) is 0 Å². The van der Waals surface area contributed by atoms with Crippen molar-refractivity contribution in [3.05, 3.63) is 17.3 Å². The minimum Gasteiger partial charge on any atom is -0.442 e. The lowest BCUT2D eigenvalue weighted by Gasteiger charge is -2.20. The summed E-state index contributed by atoms with van der Waals surface area (Å²) in [6.07, 6.45) is 3.72. The maximum absolute atomic E-state index is 5.73. The minimum atomic E-state index is 0.356. The molecule has 2 aliphatic heterocycles. The smallest absolute Gasteiger partial charge is 0.211 e. The van der Waals surface area contributed by atoms with E-state index in [0.717, 1.165) is 43.4 Å². The molecule has 0 amide bonds. The van der Waals surface area contributed by atoms with Crippen LogP contribution in [0.1, 0.15) is 42.6 Å². The number of hydrogen-bond donors (Lipinski definition) is 2. The molecule has 4 nitrogen and oxygen atoms in total. The Labute approximate surface area is 83.1 Å². The van der Waals surface area contributed by atoms with Crippen molar-refractivity contribution in [2.24, 2.45) is 0 Å². The van der Waals surface area contributed by atoms with Crippen LogP contribution in [0.2, 0.25) is 0 Å². The SMILES string of the molecule is C1CCC(c2nc3c(o2)CNC3)NC1. The van der Waals surface area contributed by atoms with Gasteiger partial charge in [-0.1, -0.05) is 6.42 Å². The normalized spacial score (nSPS) is 26.4. The van der Waals surface area contributed by atoms with Gasteiger partial charge in [0, 0.05) is 6.54 Å². The molecular weight excluding hydrogens is 178 g/mol. The molecular formula is C10H15N3O. The van der Waals surface area contributed by atoms with Gasteiger partial charge in [-0.05, 0) is 19.4 Å². The van der Waals surface area contributed by atoms with Crippen LogP contribution in [-0.2, 0) is 13.1 Å². The Balaban J connectivity index is 1.82. The summed E-state index contributed by atoms with van der Waals surface area (Å²) in [5.41, 5.74) is 1.10. The van der Waals surface area contributed by atoms with E-state index in [1.165, 1.54) is 12.8 Å². The van der Waals surface area contributed by atoms with Gasteiger partial charge in [-0.25, -0.2) is 4.98 Å². The maximum Gasteiger partial charge on any atom is 0.211 e. The number of aromatic nitrogens is 1. The molecule has 1 unspecified atom stereocenters. The Hall–Kier alpha value is -0.870. The van der Waals surface area contributed by atoms with Crippen LogP contribution in [0.3, 0.4) is 0 Å². The summed E-state index contributed by atoms with van der Waals surface area (Å²) >= 11 is 0. The molecule has 1 aromatic heterocycles. The highest BCUT2D eigenvalue weighted by molar-refractivity contribution is 5.15. The van der Waals surface area contributed by atoms with Crippen LogP contribution < -0.4 is 10.6 Å². The molecule has 1 aromatic rings. The van der Waals surface area contributed by atoms with Crippen molar-refractivity contribution in [2.75, 3.05) is 6.54 Å². The average molecular weight is 193 g/mol. The van der Waals surface area contributed by atoms with Crippen LogP contribution >= 0.6 is 0 Å². The predicted molar refractivity (Wildman–Crippen MR) is 51.6 cm³/mol. The van der Waals surface area contributed by atoms with E-state index in [-0.39, 0.29) is 0 Å². The van der Waals surface area contributed by atoms with E-state index in [0.29, 0.717) is 6.04 Å². The van der Waals surface area contributed by atoms with Gasteiger partial charge in [0.25, 0.3) is 0 Å². The summed E-state index contributed by atoms with van der Waals surface area (Å²) in [5, 5.41) is 6.67. The van der Waals surface area contributed by atoms with E-state index in [4.69, 9.17) is 4.42 Å². The standard InChI is InChI=1S/C10H15N3O/c1-2-4-12-7(3-1)10-13-8-5-11-6-9(8)14-10/h7,11-12H,1-6H2. The zero-order valence-corrected chi connectivity index (χ0v) is 8.18. The van der Waals surface area contributed by atoms with Gasteiger partial charge in [-0.2, -0.15) is 0 Å². The summed E-state index contributed by atoms with van der Waals surface area (Å²) in [6.45, 7) is 2.80. The van der Waals surface area contributed by atoms with Gasteiger partial charge in [0.1, 0.15) is 5.76 Å². The topological polar surface area (TPSA) is 50.1 Å². The Kier molecular flexibility index (Phi) is 2.03. The van der Waals surface area contributed by atoms with E-state index in [9.17, 15) is 0 Å². The fourth-order valence-electron chi connectivity index (χ4n) is 2.19. The molecule has 0 aliphatic carbocycles. The molecule has 0 spiro atoms. The molecule has 0 radical (unpaired) electrons. The number of piperidine rings is 1. The third-order valence-corrected chi connectivity index (χ3v) is 2.98. The first-order valence-electron chi connectivity index (χ1n) is 5.36. The van der Waals surface area contributed by atoms with Crippen molar-refractivity contribution in [1.29, 1.82) is 0 Å². The van der Waals surface area contributed by atoms with Crippen LogP contribution in [0, 0.1) is 0 Å². The zero-order valence-electron chi connectivity index (χ0n) is 8.18. The van der Waals surface area contributed by atoms with Gasteiger partial charge < -0.3 is 15.1 Å². The third kappa shape index (κ3) is 1.35. The van der Waals surface area contributed by atoms with Gasteiger partial charge >= 0.3 is 0 Å². The lowest BCUT2D eigenvalue weighted by atomic mass is 10.1. The van der Waals surface area contributed by atoms with Gasteiger partial charge in [-0.3, -0.25) is 0 Å². The maximum atomic E-state index is 5.73. The highest BCUT2D eigenvalue weighted by Gasteiger charge is 2.24. The fourth-order valence-corrected chi connectivity index (χ4v) is 2.19. The molecule has 0 saturated carbocycles. The summed E-state index contributed by atoms with van der Waals surface area (Å²) in [5.74, 6) is 1.93. The number of fused-ring (bicyclic) bond motifs is 1. The van der Waals surface area contributed by atoms with Crippen molar-refractivity contribution < 1.29 is 4.42 Å². The van der Waals surface area contributed by atoms with E-state index >= 15 is 0 Å². The minimum absolute atomic E-state index is 0.356. The van der Waals surface area contributed by atoms with E-state index in [1.807, 2.05) is 0 Å². The number of oxazole rings is 1. The monoisotopic (exact) mass is 193 g/mol. The van der Waals surface area contributed by atoms with Crippen molar-refractivity contribution >= 4 is 0 Å². The quantitative estimate of drug-likeness (QED) is 0.701. The molecule has 1 atom stereocenters. The Bertz CT molecular complexity index is 307. The second-order valence-corrected chi connectivity index (χ2v) is 4.03. The van der Waals surface area contributed by atoms with Crippen LogP contribution in [-0.4, -0.2) is 11.5 Å². The summed E-state index contributed by atoms with van der Waals surface area (Å²) in [4.78, 5) is 4.52. The lowest BCUT2D eigenvalue weighted by molar-refractivity contribution is 0.327. The highest BCUT2D eigenvalue weighted by atomic mass is 16.4. The second kappa shape index (κ2) is 3.37.